The van der Waals surface area contributed by atoms with Crippen molar-refractivity contribution >= 4 is 17.6 Å². The van der Waals surface area contributed by atoms with Crippen LogP contribution in [0.15, 0.2) is 18.3 Å². The number of imide groups is 1. The summed E-state index contributed by atoms with van der Waals surface area (Å²) in [4.78, 5) is 28.4. The van der Waals surface area contributed by atoms with E-state index in [1.807, 2.05) is 19.1 Å². The topological polar surface area (TPSA) is 62.3 Å². The minimum absolute atomic E-state index is 0.0863. The zero-order valence-electron chi connectivity index (χ0n) is 9.77. The molecule has 2 rings (SSSR count). The van der Waals surface area contributed by atoms with Crippen LogP contribution in [-0.4, -0.2) is 28.2 Å². The molecule has 1 aromatic rings. The summed E-state index contributed by atoms with van der Waals surface area (Å²) in [6.45, 7) is 3.12. The normalized spacial score (nSPS) is 15.5. The monoisotopic (exact) mass is 233 g/mol. The Kier molecular flexibility index (Phi) is 3.37. The minimum Gasteiger partial charge on any atom is -0.370 e. The third kappa shape index (κ3) is 2.61. The second-order valence-electron chi connectivity index (χ2n) is 3.95. The van der Waals surface area contributed by atoms with Crippen molar-refractivity contribution < 1.29 is 9.59 Å². The van der Waals surface area contributed by atoms with Gasteiger partial charge in [0.15, 0.2) is 0 Å². The molecule has 5 heteroatoms. The molecule has 5 nitrogen and oxygen atoms in total. The molecule has 1 aliphatic rings. The predicted octanol–water partition coefficient (Wildman–Crippen LogP) is 1.16. The Morgan fingerprint density at radius 1 is 1.35 bits per heavy atom. The van der Waals surface area contributed by atoms with Crippen LogP contribution in [0, 0.1) is 0 Å². The van der Waals surface area contributed by atoms with E-state index in [1.54, 1.807) is 6.20 Å². The summed E-state index contributed by atoms with van der Waals surface area (Å²) in [6, 6.07) is 3.68. The second-order valence-corrected chi connectivity index (χ2v) is 3.95. The first-order chi connectivity index (χ1) is 8.20. The highest BCUT2D eigenvalue weighted by Gasteiger charge is 2.28. The lowest BCUT2D eigenvalue weighted by atomic mass is 10.2. The number of anilines is 1. The molecule has 0 saturated carbocycles. The summed E-state index contributed by atoms with van der Waals surface area (Å²) < 4.78 is 0. The molecule has 2 heterocycles. The molecule has 0 bridgehead atoms. The van der Waals surface area contributed by atoms with E-state index in [-0.39, 0.29) is 11.8 Å². The van der Waals surface area contributed by atoms with Crippen LogP contribution in [-0.2, 0) is 16.1 Å². The van der Waals surface area contributed by atoms with E-state index in [9.17, 15) is 9.59 Å². The Bertz CT molecular complexity index is 429. The van der Waals surface area contributed by atoms with Gasteiger partial charge in [-0.25, -0.2) is 4.98 Å². The Labute approximate surface area is 99.8 Å². The number of pyridine rings is 1. The molecule has 1 saturated heterocycles. The van der Waals surface area contributed by atoms with Gasteiger partial charge in [0.2, 0.25) is 11.8 Å². The molecule has 1 aliphatic heterocycles. The Balaban J connectivity index is 2.10. The van der Waals surface area contributed by atoms with Crippen molar-refractivity contribution in [2.75, 3.05) is 11.9 Å². The third-order valence-electron chi connectivity index (χ3n) is 2.68. The van der Waals surface area contributed by atoms with Crippen LogP contribution in [0.5, 0.6) is 0 Å². The molecular formula is C12H15N3O2. The lowest BCUT2D eigenvalue weighted by molar-refractivity contribution is -0.139. The Hall–Kier alpha value is -1.91. The van der Waals surface area contributed by atoms with Crippen LogP contribution in [0.3, 0.4) is 0 Å². The first-order valence-corrected chi connectivity index (χ1v) is 5.72. The molecule has 1 N–H and O–H groups in total. The predicted molar refractivity (Wildman–Crippen MR) is 63.2 cm³/mol. The highest BCUT2D eigenvalue weighted by atomic mass is 16.2. The number of amides is 2. The van der Waals surface area contributed by atoms with Gasteiger partial charge in [-0.1, -0.05) is 0 Å². The molecule has 2 amide bonds. The van der Waals surface area contributed by atoms with E-state index in [4.69, 9.17) is 0 Å². The fourth-order valence-corrected chi connectivity index (χ4v) is 1.83. The molecular weight excluding hydrogens is 218 g/mol. The summed E-state index contributed by atoms with van der Waals surface area (Å²) >= 11 is 0. The maximum Gasteiger partial charge on any atom is 0.229 e. The Morgan fingerprint density at radius 3 is 2.71 bits per heavy atom. The van der Waals surface area contributed by atoms with Crippen molar-refractivity contribution in [3.63, 3.8) is 0 Å². The molecule has 1 aromatic heterocycles. The van der Waals surface area contributed by atoms with Crippen molar-refractivity contribution in [2.24, 2.45) is 0 Å². The third-order valence-corrected chi connectivity index (χ3v) is 2.68. The van der Waals surface area contributed by atoms with E-state index in [0.29, 0.717) is 19.4 Å². The SMILES string of the molecule is CCNc1cc(CN2C(=O)CCC2=O)ccn1. The zero-order chi connectivity index (χ0) is 12.3. The standard InChI is InChI=1S/C12H15N3O2/c1-2-13-10-7-9(5-6-14-10)8-15-11(16)3-4-12(15)17/h5-7H,2-4,8H2,1H3,(H,13,14). The number of hydrogen-bond acceptors (Lipinski definition) is 4. The highest BCUT2D eigenvalue weighted by molar-refractivity contribution is 6.01. The summed E-state index contributed by atoms with van der Waals surface area (Å²) in [5, 5.41) is 3.10. The average Bonchev–Trinajstić information content (AvgIpc) is 2.62. The first-order valence-electron chi connectivity index (χ1n) is 5.72. The van der Waals surface area contributed by atoms with Gasteiger partial charge in [0.1, 0.15) is 5.82 Å². The van der Waals surface area contributed by atoms with Gasteiger partial charge in [0.25, 0.3) is 0 Å². The van der Waals surface area contributed by atoms with Gasteiger partial charge in [0, 0.05) is 25.6 Å². The summed E-state index contributed by atoms with van der Waals surface area (Å²) in [5.74, 6) is 0.595. The minimum atomic E-state index is -0.0863. The summed E-state index contributed by atoms with van der Waals surface area (Å²) in [7, 11) is 0. The van der Waals surface area contributed by atoms with E-state index in [1.165, 1.54) is 4.90 Å². The maximum atomic E-state index is 11.5. The second kappa shape index (κ2) is 4.95. The van der Waals surface area contributed by atoms with E-state index in [0.717, 1.165) is 17.9 Å². The molecule has 1 fully saturated rings. The summed E-state index contributed by atoms with van der Waals surface area (Å²) in [5.41, 5.74) is 0.916. The first kappa shape index (κ1) is 11.6. The maximum absolute atomic E-state index is 11.5. The van der Waals surface area contributed by atoms with Crippen LogP contribution in [0.2, 0.25) is 0 Å². The number of aromatic nitrogens is 1. The van der Waals surface area contributed by atoms with Crippen LogP contribution < -0.4 is 5.32 Å². The van der Waals surface area contributed by atoms with Crippen molar-refractivity contribution in [3.8, 4) is 0 Å². The number of carbonyl (C=O) groups excluding carboxylic acids is 2. The van der Waals surface area contributed by atoms with Crippen LogP contribution in [0.1, 0.15) is 25.3 Å². The highest BCUT2D eigenvalue weighted by Crippen LogP contribution is 2.16. The largest absolute Gasteiger partial charge is 0.370 e. The van der Waals surface area contributed by atoms with Gasteiger partial charge in [-0.3, -0.25) is 14.5 Å². The fraction of sp³-hybridized carbons (Fsp3) is 0.417. The van der Waals surface area contributed by atoms with Crippen LogP contribution >= 0.6 is 0 Å². The quantitative estimate of drug-likeness (QED) is 0.793. The molecule has 0 spiro atoms. The number of nitrogens with zero attached hydrogens (tertiary/aromatic N) is 2. The number of rotatable bonds is 4. The molecule has 17 heavy (non-hydrogen) atoms. The van der Waals surface area contributed by atoms with Crippen molar-refractivity contribution in [2.45, 2.75) is 26.3 Å². The number of carbonyl (C=O) groups is 2. The lowest BCUT2D eigenvalue weighted by Gasteiger charge is -2.14. The van der Waals surface area contributed by atoms with Gasteiger partial charge in [-0.2, -0.15) is 0 Å². The van der Waals surface area contributed by atoms with Gasteiger partial charge in [0.05, 0.1) is 6.54 Å². The van der Waals surface area contributed by atoms with Crippen molar-refractivity contribution in [1.82, 2.24) is 9.88 Å². The van der Waals surface area contributed by atoms with Gasteiger partial charge in [-0.15, -0.1) is 0 Å². The van der Waals surface area contributed by atoms with Crippen molar-refractivity contribution in [3.05, 3.63) is 23.9 Å². The van der Waals surface area contributed by atoms with E-state index in [2.05, 4.69) is 10.3 Å². The van der Waals surface area contributed by atoms with E-state index >= 15 is 0 Å². The number of likely N-dealkylation sites (tertiary alicyclic amines) is 1. The molecule has 0 aliphatic carbocycles. The number of hydrogen-bond donors (Lipinski definition) is 1. The van der Waals surface area contributed by atoms with Gasteiger partial charge in [-0.05, 0) is 24.6 Å². The average molecular weight is 233 g/mol. The lowest BCUT2D eigenvalue weighted by Crippen LogP contribution is -2.28. The molecule has 90 valence electrons. The Morgan fingerprint density at radius 2 is 2.06 bits per heavy atom. The van der Waals surface area contributed by atoms with Gasteiger partial charge < -0.3 is 5.32 Å². The number of nitrogens with one attached hydrogen (secondary N) is 1. The van der Waals surface area contributed by atoms with E-state index < -0.39 is 0 Å². The molecule has 0 aromatic carbocycles. The van der Waals surface area contributed by atoms with Crippen LogP contribution in [0.25, 0.3) is 0 Å². The van der Waals surface area contributed by atoms with Crippen molar-refractivity contribution in [1.29, 1.82) is 0 Å². The van der Waals surface area contributed by atoms with Gasteiger partial charge >= 0.3 is 0 Å². The zero-order valence-corrected chi connectivity index (χ0v) is 9.77. The smallest absolute Gasteiger partial charge is 0.229 e. The molecule has 0 unspecified atom stereocenters. The summed E-state index contributed by atoms with van der Waals surface area (Å²) in [6.07, 6.45) is 2.35. The fourth-order valence-electron chi connectivity index (χ4n) is 1.83. The molecule has 0 atom stereocenters. The van der Waals surface area contributed by atoms with Crippen LogP contribution in [0.4, 0.5) is 5.82 Å². The molecule has 0 radical (unpaired) electrons.